The molecule has 0 bridgehead atoms. The number of ether oxygens (including phenoxy) is 2. The van der Waals surface area contributed by atoms with Crippen molar-refractivity contribution in [1.29, 1.82) is 0 Å². The first-order valence-electron chi connectivity index (χ1n) is 6.42. The summed E-state index contributed by atoms with van der Waals surface area (Å²) < 4.78 is 11.9. The summed E-state index contributed by atoms with van der Waals surface area (Å²) in [5, 5.41) is 5.46. The van der Waals surface area contributed by atoms with Crippen molar-refractivity contribution in [1.82, 2.24) is 5.32 Å². The highest BCUT2D eigenvalue weighted by atomic mass is 79.9. The van der Waals surface area contributed by atoms with Crippen LogP contribution in [0.15, 0.2) is 40.2 Å². The first kappa shape index (κ1) is 15.5. The summed E-state index contributed by atoms with van der Waals surface area (Å²) in [7, 11) is 1.67. The van der Waals surface area contributed by atoms with E-state index in [0.717, 1.165) is 28.9 Å². The average Bonchev–Trinajstić information content (AvgIpc) is 2.89. The van der Waals surface area contributed by atoms with Crippen LogP contribution in [0.3, 0.4) is 0 Å². The van der Waals surface area contributed by atoms with E-state index in [0.29, 0.717) is 13.2 Å². The van der Waals surface area contributed by atoms with E-state index in [9.17, 15) is 0 Å². The van der Waals surface area contributed by atoms with Crippen molar-refractivity contribution in [3.63, 3.8) is 0 Å². The Morgan fingerprint density at radius 3 is 2.70 bits per heavy atom. The van der Waals surface area contributed by atoms with E-state index in [2.05, 4.69) is 32.7 Å². The van der Waals surface area contributed by atoms with Gasteiger partial charge in [0, 0.05) is 27.8 Å². The van der Waals surface area contributed by atoms with Crippen LogP contribution in [0.25, 0.3) is 0 Å². The normalized spacial score (nSPS) is 10.7. The Bertz CT molecular complexity index is 513. The van der Waals surface area contributed by atoms with Crippen LogP contribution in [0.2, 0.25) is 0 Å². The van der Waals surface area contributed by atoms with Crippen molar-refractivity contribution < 1.29 is 9.47 Å². The number of benzene rings is 1. The van der Waals surface area contributed by atoms with Crippen LogP contribution in [0.1, 0.15) is 10.4 Å². The van der Waals surface area contributed by atoms with Crippen molar-refractivity contribution in [3.8, 4) is 5.75 Å². The van der Waals surface area contributed by atoms with E-state index in [1.54, 1.807) is 18.4 Å². The molecule has 0 spiro atoms. The van der Waals surface area contributed by atoms with Crippen LogP contribution in [0.4, 0.5) is 0 Å². The largest absolute Gasteiger partial charge is 0.497 e. The second-order valence-electron chi connectivity index (χ2n) is 4.31. The molecule has 0 atom stereocenters. The molecule has 0 aliphatic rings. The van der Waals surface area contributed by atoms with Gasteiger partial charge in [-0.2, -0.15) is 0 Å². The van der Waals surface area contributed by atoms with Crippen LogP contribution in [-0.4, -0.2) is 20.3 Å². The van der Waals surface area contributed by atoms with Crippen molar-refractivity contribution in [2.75, 3.05) is 20.3 Å². The van der Waals surface area contributed by atoms with Crippen LogP contribution in [0, 0.1) is 0 Å². The minimum Gasteiger partial charge on any atom is -0.497 e. The van der Waals surface area contributed by atoms with Crippen molar-refractivity contribution in [3.05, 3.63) is 50.6 Å². The number of thiophene rings is 1. The van der Waals surface area contributed by atoms with Gasteiger partial charge in [0.1, 0.15) is 5.75 Å². The van der Waals surface area contributed by atoms with Gasteiger partial charge in [0.25, 0.3) is 0 Å². The average molecular weight is 356 g/mol. The van der Waals surface area contributed by atoms with E-state index in [1.807, 2.05) is 24.3 Å². The van der Waals surface area contributed by atoms with E-state index in [4.69, 9.17) is 9.47 Å². The molecular formula is C15H18BrNO2S. The molecule has 5 heteroatoms. The topological polar surface area (TPSA) is 30.5 Å². The van der Waals surface area contributed by atoms with E-state index in [-0.39, 0.29) is 0 Å². The van der Waals surface area contributed by atoms with Gasteiger partial charge in [0.2, 0.25) is 0 Å². The van der Waals surface area contributed by atoms with E-state index < -0.39 is 0 Å². The Morgan fingerprint density at radius 1 is 1.25 bits per heavy atom. The SMILES string of the molecule is COc1ccc(COCCNCc2cc(Br)cs2)cc1. The lowest BCUT2D eigenvalue weighted by atomic mass is 10.2. The van der Waals surface area contributed by atoms with Crippen molar-refractivity contribution >= 4 is 27.3 Å². The zero-order valence-electron chi connectivity index (χ0n) is 11.4. The van der Waals surface area contributed by atoms with Crippen LogP contribution in [-0.2, 0) is 17.9 Å². The third-order valence-electron chi connectivity index (χ3n) is 2.77. The van der Waals surface area contributed by atoms with Gasteiger partial charge in [0.05, 0.1) is 20.3 Å². The molecule has 1 aromatic heterocycles. The lowest BCUT2D eigenvalue weighted by molar-refractivity contribution is 0.122. The highest BCUT2D eigenvalue weighted by Gasteiger charge is 1.97. The van der Waals surface area contributed by atoms with Gasteiger partial charge in [-0.3, -0.25) is 0 Å². The number of rotatable bonds is 8. The van der Waals surface area contributed by atoms with E-state index in [1.165, 1.54) is 4.88 Å². The number of methoxy groups -OCH3 is 1. The standard InChI is InChI=1S/C15H18BrNO2S/c1-18-14-4-2-12(3-5-14)10-19-7-6-17-9-15-8-13(16)11-20-15/h2-5,8,11,17H,6-7,9-10H2,1H3. The van der Waals surface area contributed by atoms with Crippen molar-refractivity contribution in [2.45, 2.75) is 13.2 Å². The molecule has 0 fully saturated rings. The fourth-order valence-corrected chi connectivity index (χ4v) is 3.13. The van der Waals surface area contributed by atoms with Gasteiger partial charge < -0.3 is 14.8 Å². The summed E-state index contributed by atoms with van der Waals surface area (Å²) >= 11 is 5.20. The Morgan fingerprint density at radius 2 is 2.05 bits per heavy atom. The zero-order chi connectivity index (χ0) is 14.2. The van der Waals surface area contributed by atoms with Gasteiger partial charge in [-0.25, -0.2) is 0 Å². The first-order chi connectivity index (χ1) is 9.78. The third kappa shape index (κ3) is 5.25. The van der Waals surface area contributed by atoms with Gasteiger partial charge in [-0.15, -0.1) is 11.3 Å². The highest BCUT2D eigenvalue weighted by Crippen LogP contribution is 2.19. The number of hydrogen-bond acceptors (Lipinski definition) is 4. The van der Waals surface area contributed by atoms with Crippen molar-refractivity contribution in [2.24, 2.45) is 0 Å². The first-order valence-corrected chi connectivity index (χ1v) is 8.09. The summed E-state index contributed by atoms with van der Waals surface area (Å²) in [6.45, 7) is 3.09. The summed E-state index contributed by atoms with van der Waals surface area (Å²) in [5.41, 5.74) is 1.16. The maximum absolute atomic E-state index is 5.63. The summed E-state index contributed by atoms with van der Waals surface area (Å²) in [4.78, 5) is 1.33. The molecule has 0 aliphatic heterocycles. The monoisotopic (exact) mass is 355 g/mol. The Kier molecular flexibility index (Phi) is 6.53. The molecule has 0 aliphatic carbocycles. The number of nitrogens with one attached hydrogen (secondary N) is 1. The third-order valence-corrected chi connectivity index (χ3v) is 4.47. The predicted octanol–water partition coefficient (Wildman–Crippen LogP) is 3.83. The predicted molar refractivity (Wildman–Crippen MR) is 86.4 cm³/mol. The maximum Gasteiger partial charge on any atom is 0.118 e. The minimum absolute atomic E-state index is 0.635. The summed E-state index contributed by atoms with van der Waals surface area (Å²) in [6.07, 6.45) is 0. The molecule has 2 rings (SSSR count). The molecule has 2 aromatic rings. The van der Waals surface area contributed by atoms with Gasteiger partial charge >= 0.3 is 0 Å². The zero-order valence-corrected chi connectivity index (χ0v) is 13.8. The molecule has 0 saturated heterocycles. The lowest BCUT2D eigenvalue weighted by Crippen LogP contribution is -2.18. The number of halogens is 1. The molecule has 0 saturated carbocycles. The Balaban J connectivity index is 1.57. The summed E-state index contributed by atoms with van der Waals surface area (Å²) in [6, 6.07) is 10.1. The van der Waals surface area contributed by atoms with Crippen LogP contribution >= 0.6 is 27.3 Å². The lowest BCUT2D eigenvalue weighted by Gasteiger charge is -2.06. The van der Waals surface area contributed by atoms with E-state index >= 15 is 0 Å². The molecule has 0 radical (unpaired) electrons. The smallest absolute Gasteiger partial charge is 0.118 e. The summed E-state index contributed by atoms with van der Waals surface area (Å²) in [5.74, 6) is 0.873. The Hall–Kier alpha value is -0.880. The minimum atomic E-state index is 0.635. The molecule has 0 unspecified atom stereocenters. The quantitative estimate of drug-likeness (QED) is 0.730. The van der Waals surface area contributed by atoms with Gasteiger partial charge in [0.15, 0.2) is 0 Å². The molecule has 20 heavy (non-hydrogen) atoms. The van der Waals surface area contributed by atoms with Crippen LogP contribution < -0.4 is 10.1 Å². The number of hydrogen-bond donors (Lipinski definition) is 1. The molecule has 1 aromatic carbocycles. The molecule has 1 N–H and O–H groups in total. The molecular weight excluding hydrogens is 338 g/mol. The maximum atomic E-state index is 5.63. The fraction of sp³-hybridized carbons (Fsp3) is 0.333. The van der Waals surface area contributed by atoms with Gasteiger partial charge in [-0.05, 0) is 39.7 Å². The molecule has 3 nitrogen and oxygen atoms in total. The fourth-order valence-electron chi connectivity index (χ4n) is 1.71. The Labute approximate surface area is 132 Å². The molecule has 1 heterocycles. The second-order valence-corrected chi connectivity index (χ2v) is 6.22. The molecule has 108 valence electrons. The van der Waals surface area contributed by atoms with Gasteiger partial charge in [-0.1, -0.05) is 12.1 Å². The second kappa shape index (κ2) is 8.42. The highest BCUT2D eigenvalue weighted by molar-refractivity contribution is 9.10. The molecule has 0 amide bonds. The van der Waals surface area contributed by atoms with Crippen LogP contribution in [0.5, 0.6) is 5.75 Å².